The van der Waals surface area contributed by atoms with Gasteiger partial charge in [0.15, 0.2) is 0 Å². The lowest BCUT2D eigenvalue weighted by Gasteiger charge is -2.26. The van der Waals surface area contributed by atoms with Crippen LogP contribution in [-0.2, 0) is 4.79 Å². The normalized spacial score (nSPS) is 19.1. The first-order valence-corrected chi connectivity index (χ1v) is 6.43. The van der Waals surface area contributed by atoms with Gasteiger partial charge in [0, 0.05) is 12.3 Å². The molecule has 0 aromatic rings. The Morgan fingerprint density at radius 1 is 1.53 bits per heavy atom. The monoisotopic (exact) mass is 234 g/mol. The molecule has 2 atom stereocenters. The molecule has 0 aliphatic carbocycles. The van der Waals surface area contributed by atoms with Crippen LogP contribution in [0.1, 0.15) is 27.2 Å². The molecule has 0 aromatic heterocycles. The minimum atomic E-state index is -0.876. The highest BCUT2D eigenvalue weighted by molar-refractivity contribution is 7.98. The summed E-state index contributed by atoms with van der Waals surface area (Å²) in [5.41, 5.74) is 4.04. The van der Waals surface area contributed by atoms with Gasteiger partial charge in [0.05, 0.1) is 11.1 Å². The molecule has 15 heavy (non-hydrogen) atoms. The number of thioether (sulfide) groups is 1. The van der Waals surface area contributed by atoms with Crippen molar-refractivity contribution in [2.24, 2.45) is 5.73 Å². The molecule has 1 amide bonds. The van der Waals surface area contributed by atoms with E-state index in [1.165, 1.54) is 0 Å². The van der Waals surface area contributed by atoms with Gasteiger partial charge < -0.3 is 16.2 Å². The molecule has 0 bridgehead atoms. The molecule has 0 radical (unpaired) electrons. The van der Waals surface area contributed by atoms with Crippen molar-refractivity contribution in [3.63, 3.8) is 0 Å². The van der Waals surface area contributed by atoms with E-state index < -0.39 is 11.1 Å². The van der Waals surface area contributed by atoms with E-state index in [0.717, 1.165) is 0 Å². The zero-order valence-corrected chi connectivity index (χ0v) is 10.8. The fourth-order valence-corrected chi connectivity index (χ4v) is 1.72. The van der Waals surface area contributed by atoms with Crippen LogP contribution in [0.4, 0.5) is 0 Å². The molecular weight excluding hydrogens is 212 g/mol. The van der Waals surface area contributed by atoms with E-state index >= 15 is 0 Å². The highest BCUT2D eigenvalue weighted by Crippen LogP contribution is 2.10. The van der Waals surface area contributed by atoms with Gasteiger partial charge in [-0.2, -0.15) is 11.8 Å². The summed E-state index contributed by atoms with van der Waals surface area (Å²) in [5, 5.41) is 12.5. The van der Waals surface area contributed by atoms with Crippen molar-refractivity contribution in [2.75, 3.05) is 18.6 Å². The number of aliphatic hydroxyl groups is 1. The van der Waals surface area contributed by atoms with Crippen molar-refractivity contribution in [3.05, 3.63) is 0 Å². The summed E-state index contributed by atoms with van der Waals surface area (Å²) in [6, 6.07) is 0. The quantitative estimate of drug-likeness (QED) is 0.619. The smallest absolute Gasteiger partial charge is 0.239 e. The van der Waals surface area contributed by atoms with Crippen molar-refractivity contribution < 1.29 is 9.90 Å². The first kappa shape index (κ1) is 14.7. The lowest BCUT2D eigenvalue weighted by Crippen LogP contribution is -2.54. The van der Waals surface area contributed by atoms with E-state index in [1.807, 2.05) is 13.2 Å². The summed E-state index contributed by atoms with van der Waals surface area (Å²) in [6.07, 6.45) is 2.49. The molecule has 0 heterocycles. The van der Waals surface area contributed by atoms with Crippen molar-refractivity contribution in [1.29, 1.82) is 0 Å². The fourth-order valence-electron chi connectivity index (χ4n) is 0.995. The molecule has 0 saturated heterocycles. The van der Waals surface area contributed by atoms with Crippen molar-refractivity contribution in [2.45, 2.75) is 38.3 Å². The zero-order chi connectivity index (χ0) is 12.1. The third-order valence-electron chi connectivity index (χ3n) is 2.34. The Morgan fingerprint density at radius 2 is 2.07 bits per heavy atom. The molecule has 0 saturated carbocycles. The van der Waals surface area contributed by atoms with Gasteiger partial charge in [-0.05, 0) is 26.5 Å². The Bertz CT molecular complexity index is 217. The van der Waals surface area contributed by atoms with Gasteiger partial charge in [0.2, 0.25) is 5.91 Å². The Hall–Kier alpha value is -0.260. The molecule has 0 aromatic carbocycles. The van der Waals surface area contributed by atoms with Gasteiger partial charge in [-0.1, -0.05) is 6.92 Å². The molecule has 0 aliphatic heterocycles. The summed E-state index contributed by atoms with van der Waals surface area (Å²) in [6.45, 7) is 5.48. The number of nitrogens with two attached hydrogens (primary N) is 1. The lowest BCUT2D eigenvalue weighted by molar-refractivity contribution is -0.126. The Kier molecular flexibility index (Phi) is 5.62. The van der Waals surface area contributed by atoms with E-state index in [-0.39, 0.29) is 12.5 Å². The van der Waals surface area contributed by atoms with Crippen LogP contribution in [0, 0.1) is 0 Å². The number of carbonyl (C=O) groups is 1. The maximum atomic E-state index is 11.6. The molecule has 4 nitrogen and oxygen atoms in total. The van der Waals surface area contributed by atoms with Crippen LogP contribution in [0.5, 0.6) is 0 Å². The summed E-state index contributed by atoms with van der Waals surface area (Å²) in [5.74, 6) is 0.368. The summed E-state index contributed by atoms with van der Waals surface area (Å²) < 4.78 is 0. The molecule has 0 rings (SSSR count). The van der Waals surface area contributed by atoms with E-state index in [1.54, 1.807) is 25.6 Å². The lowest BCUT2D eigenvalue weighted by atomic mass is 9.99. The number of carbonyl (C=O) groups excluding carboxylic acids is 1. The molecule has 4 N–H and O–H groups in total. The average molecular weight is 234 g/mol. The number of amides is 1. The molecule has 0 spiro atoms. The van der Waals surface area contributed by atoms with Crippen LogP contribution >= 0.6 is 11.8 Å². The van der Waals surface area contributed by atoms with E-state index in [4.69, 9.17) is 5.73 Å². The highest BCUT2D eigenvalue weighted by Gasteiger charge is 2.28. The van der Waals surface area contributed by atoms with E-state index in [0.29, 0.717) is 12.2 Å². The predicted molar refractivity (Wildman–Crippen MR) is 64.9 cm³/mol. The maximum absolute atomic E-state index is 11.6. The minimum Gasteiger partial charge on any atom is -0.387 e. The molecule has 0 aliphatic rings. The fraction of sp³-hybridized carbons (Fsp3) is 0.900. The van der Waals surface area contributed by atoms with Gasteiger partial charge in [-0.3, -0.25) is 4.79 Å². The third-order valence-corrected chi connectivity index (χ3v) is 3.25. The molecular formula is C10H22N2O2S. The third kappa shape index (κ3) is 5.39. The number of rotatable bonds is 6. The summed E-state index contributed by atoms with van der Waals surface area (Å²) >= 11 is 1.54. The van der Waals surface area contributed by atoms with E-state index in [9.17, 15) is 9.90 Å². The van der Waals surface area contributed by atoms with Crippen LogP contribution in [0.15, 0.2) is 0 Å². The van der Waals surface area contributed by atoms with Gasteiger partial charge in [0.25, 0.3) is 0 Å². The standard InChI is InChI=1S/C10H22N2O2S/c1-5-10(3,11)8(13)12-6-9(2,14)7-15-4/h14H,5-7,11H2,1-4H3,(H,12,13). The molecule has 90 valence electrons. The number of nitrogens with one attached hydrogen (secondary N) is 1. The number of hydrogen-bond acceptors (Lipinski definition) is 4. The Morgan fingerprint density at radius 3 is 2.47 bits per heavy atom. The minimum absolute atomic E-state index is 0.216. The van der Waals surface area contributed by atoms with Crippen LogP contribution in [0.3, 0.4) is 0 Å². The van der Waals surface area contributed by atoms with Crippen LogP contribution in [-0.4, -0.2) is 40.7 Å². The van der Waals surface area contributed by atoms with Gasteiger partial charge in [-0.15, -0.1) is 0 Å². The van der Waals surface area contributed by atoms with Crippen LogP contribution in [0.2, 0.25) is 0 Å². The van der Waals surface area contributed by atoms with Crippen LogP contribution < -0.4 is 11.1 Å². The summed E-state index contributed by atoms with van der Waals surface area (Å²) in [4.78, 5) is 11.6. The molecule has 2 unspecified atom stereocenters. The Labute approximate surface area is 96.0 Å². The topological polar surface area (TPSA) is 75.4 Å². The zero-order valence-electron chi connectivity index (χ0n) is 9.96. The van der Waals surface area contributed by atoms with Crippen molar-refractivity contribution in [3.8, 4) is 0 Å². The first-order chi connectivity index (χ1) is 6.75. The predicted octanol–water partition coefficient (Wildman–Crippen LogP) is 0.344. The Balaban J connectivity index is 4.11. The van der Waals surface area contributed by atoms with Crippen molar-refractivity contribution in [1.82, 2.24) is 5.32 Å². The van der Waals surface area contributed by atoms with Gasteiger partial charge >= 0.3 is 0 Å². The van der Waals surface area contributed by atoms with Gasteiger partial charge in [-0.25, -0.2) is 0 Å². The SMILES string of the molecule is CCC(C)(N)C(=O)NCC(C)(O)CSC. The van der Waals surface area contributed by atoms with Crippen LogP contribution in [0.25, 0.3) is 0 Å². The van der Waals surface area contributed by atoms with Gasteiger partial charge in [0.1, 0.15) is 0 Å². The number of hydrogen-bond donors (Lipinski definition) is 3. The first-order valence-electron chi connectivity index (χ1n) is 5.03. The average Bonchev–Trinajstić information content (AvgIpc) is 2.14. The highest BCUT2D eigenvalue weighted by atomic mass is 32.2. The summed E-state index contributed by atoms with van der Waals surface area (Å²) in [7, 11) is 0. The molecule has 5 heteroatoms. The van der Waals surface area contributed by atoms with Crippen molar-refractivity contribution >= 4 is 17.7 Å². The second kappa shape index (κ2) is 5.72. The second-order valence-corrected chi connectivity index (χ2v) is 5.25. The van der Waals surface area contributed by atoms with E-state index in [2.05, 4.69) is 5.32 Å². The molecule has 0 fully saturated rings. The maximum Gasteiger partial charge on any atom is 0.239 e. The largest absolute Gasteiger partial charge is 0.387 e. The second-order valence-electron chi connectivity index (χ2n) is 4.38.